The van der Waals surface area contributed by atoms with Gasteiger partial charge in [-0.05, 0) is 12.5 Å². The number of alkyl halides is 1. The van der Waals surface area contributed by atoms with E-state index in [1.807, 2.05) is 30.3 Å². The number of benzene rings is 1. The van der Waals surface area contributed by atoms with Crippen LogP contribution in [0.1, 0.15) is 12.5 Å². The zero-order chi connectivity index (χ0) is 11.1. The smallest absolute Gasteiger partial charge is 0.407 e. The number of carbonyl (C=O) groups excluding carboxylic acids is 1. The van der Waals surface area contributed by atoms with Crippen molar-refractivity contribution < 1.29 is 9.53 Å². The van der Waals surface area contributed by atoms with E-state index < -0.39 is 6.09 Å². The third kappa shape index (κ3) is 5.27. The first-order valence-electron chi connectivity index (χ1n) is 4.77. The minimum Gasteiger partial charge on any atom is -0.445 e. The molecule has 0 saturated carbocycles. The van der Waals surface area contributed by atoms with Gasteiger partial charge in [-0.15, -0.1) is 11.6 Å². The van der Waals surface area contributed by atoms with E-state index in [1.165, 1.54) is 0 Å². The molecule has 0 radical (unpaired) electrons. The van der Waals surface area contributed by atoms with Gasteiger partial charge in [0, 0.05) is 11.9 Å². The fourth-order valence-corrected chi connectivity index (χ4v) is 1.08. The summed E-state index contributed by atoms with van der Waals surface area (Å²) in [6.07, 6.45) is -0.439. The molecule has 0 aromatic heterocycles. The van der Waals surface area contributed by atoms with Gasteiger partial charge in [-0.1, -0.05) is 30.3 Å². The highest BCUT2D eigenvalue weighted by molar-refractivity contribution is 6.20. The summed E-state index contributed by atoms with van der Waals surface area (Å²) in [5, 5.41) is 2.47. The van der Waals surface area contributed by atoms with E-state index in [-0.39, 0.29) is 12.0 Å². The van der Waals surface area contributed by atoms with E-state index in [0.29, 0.717) is 6.54 Å². The topological polar surface area (TPSA) is 38.3 Å². The molecule has 15 heavy (non-hydrogen) atoms. The normalized spacial score (nSPS) is 11.9. The molecule has 82 valence electrons. The Hall–Kier alpha value is -1.22. The van der Waals surface area contributed by atoms with Crippen molar-refractivity contribution in [2.75, 3.05) is 6.54 Å². The van der Waals surface area contributed by atoms with Crippen molar-refractivity contribution in [1.82, 2.24) is 5.32 Å². The van der Waals surface area contributed by atoms with E-state index in [9.17, 15) is 4.79 Å². The first-order valence-corrected chi connectivity index (χ1v) is 5.20. The van der Waals surface area contributed by atoms with Crippen LogP contribution in [-0.4, -0.2) is 18.0 Å². The number of ether oxygens (including phenoxy) is 1. The maximum atomic E-state index is 11.1. The molecule has 1 rings (SSSR count). The Morgan fingerprint density at radius 3 is 2.73 bits per heavy atom. The summed E-state index contributed by atoms with van der Waals surface area (Å²) in [7, 11) is 0. The summed E-state index contributed by atoms with van der Waals surface area (Å²) in [5.41, 5.74) is 0.964. The van der Waals surface area contributed by atoms with Crippen molar-refractivity contribution in [2.24, 2.45) is 0 Å². The maximum Gasteiger partial charge on any atom is 0.407 e. The van der Waals surface area contributed by atoms with Crippen LogP contribution in [0, 0.1) is 0 Å². The maximum absolute atomic E-state index is 11.1. The van der Waals surface area contributed by atoms with Gasteiger partial charge in [0.25, 0.3) is 0 Å². The Morgan fingerprint density at radius 2 is 2.13 bits per heavy atom. The van der Waals surface area contributed by atoms with Crippen LogP contribution in [0.2, 0.25) is 0 Å². The first-order chi connectivity index (χ1) is 7.18. The van der Waals surface area contributed by atoms with Gasteiger partial charge < -0.3 is 10.1 Å². The molecule has 0 aliphatic carbocycles. The van der Waals surface area contributed by atoms with E-state index in [1.54, 1.807) is 6.92 Å². The molecular weight excluding hydrogens is 214 g/mol. The number of hydrogen-bond acceptors (Lipinski definition) is 2. The molecule has 3 nitrogen and oxygen atoms in total. The molecule has 0 aliphatic rings. The van der Waals surface area contributed by atoms with E-state index in [2.05, 4.69) is 5.32 Å². The van der Waals surface area contributed by atoms with Crippen LogP contribution in [0.25, 0.3) is 0 Å². The largest absolute Gasteiger partial charge is 0.445 e. The number of alkyl carbamates (subject to hydrolysis) is 1. The lowest BCUT2D eigenvalue weighted by atomic mass is 10.2. The average molecular weight is 228 g/mol. The van der Waals surface area contributed by atoms with E-state index in [4.69, 9.17) is 16.3 Å². The Morgan fingerprint density at radius 1 is 1.47 bits per heavy atom. The number of halogens is 1. The van der Waals surface area contributed by atoms with Crippen LogP contribution in [0.5, 0.6) is 0 Å². The zero-order valence-corrected chi connectivity index (χ0v) is 9.33. The monoisotopic (exact) mass is 227 g/mol. The fraction of sp³-hybridized carbons (Fsp3) is 0.364. The van der Waals surface area contributed by atoms with Crippen molar-refractivity contribution in [2.45, 2.75) is 18.9 Å². The molecule has 0 fully saturated rings. The lowest BCUT2D eigenvalue weighted by molar-refractivity contribution is 0.140. The van der Waals surface area contributed by atoms with Crippen molar-refractivity contribution >= 4 is 17.7 Å². The highest BCUT2D eigenvalue weighted by Crippen LogP contribution is 2.00. The van der Waals surface area contributed by atoms with Crippen LogP contribution in [0.3, 0.4) is 0 Å². The Labute approximate surface area is 94.4 Å². The second kappa shape index (κ2) is 6.30. The predicted molar refractivity (Wildman–Crippen MR) is 59.9 cm³/mol. The summed E-state index contributed by atoms with van der Waals surface area (Å²) in [6, 6.07) is 9.52. The molecule has 0 aliphatic heterocycles. The Kier molecular flexibility index (Phi) is 4.98. The highest BCUT2D eigenvalue weighted by Gasteiger charge is 2.03. The van der Waals surface area contributed by atoms with Crippen LogP contribution >= 0.6 is 11.6 Å². The summed E-state index contributed by atoms with van der Waals surface area (Å²) in [6.45, 7) is 2.50. The number of rotatable bonds is 4. The summed E-state index contributed by atoms with van der Waals surface area (Å²) >= 11 is 5.67. The second-order valence-electron chi connectivity index (χ2n) is 3.22. The molecule has 1 atom stereocenters. The fourth-order valence-electron chi connectivity index (χ4n) is 0.998. The van der Waals surface area contributed by atoms with Crippen molar-refractivity contribution in [3.05, 3.63) is 35.9 Å². The third-order valence-electron chi connectivity index (χ3n) is 1.74. The van der Waals surface area contributed by atoms with E-state index >= 15 is 0 Å². The van der Waals surface area contributed by atoms with Crippen molar-refractivity contribution in [1.29, 1.82) is 0 Å². The average Bonchev–Trinajstić information content (AvgIpc) is 2.25. The van der Waals surface area contributed by atoms with Gasteiger partial charge in [0.05, 0.1) is 0 Å². The Bertz CT molecular complexity index is 301. The summed E-state index contributed by atoms with van der Waals surface area (Å²) in [4.78, 5) is 11.1. The van der Waals surface area contributed by atoms with Crippen LogP contribution in [-0.2, 0) is 11.3 Å². The van der Waals surface area contributed by atoms with Gasteiger partial charge in [0.2, 0.25) is 0 Å². The lowest BCUT2D eigenvalue weighted by Crippen LogP contribution is -2.29. The molecular formula is C11H14ClNO2. The third-order valence-corrected chi connectivity index (χ3v) is 1.89. The van der Waals surface area contributed by atoms with Crippen molar-refractivity contribution in [3.63, 3.8) is 0 Å². The Balaban J connectivity index is 2.23. The van der Waals surface area contributed by atoms with Gasteiger partial charge in [-0.25, -0.2) is 4.79 Å². The molecule has 1 N–H and O–H groups in total. The highest BCUT2D eigenvalue weighted by atomic mass is 35.5. The predicted octanol–water partition coefficient (Wildman–Crippen LogP) is 2.54. The molecule has 1 aromatic carbocycles. The van der Waals surface area contributed by atoms with E-state index in [0.717, 1.165) is 5.56 Å². The van der Waals surface area contributed by atoms with Gasteiger partial charge in [0.15, 0.2) is 0 Å². The number of amides is 1. The van der Waals surface area contributed by atoms with Crippen LogP contribution in [0.4, 0.5) is 4.79 Å². The van der Waals surface area contributed by atoms with Crippen LogP contribution in [0.15, 0.2) is 30.3 Å². The molecule has 0 bridgehead atoms. The molecule has 0 saturated heterocycles. The first kappa shape index (κ1) is 11.9. The number of nitrogens with one attached hydrogen (secondary N) is 1. The molecule has 1 amide bonds. The number of carbonyl (C=O) groups is 1. The lowest BCUT2D eigenvalue weighted by Gasteiger charge is -2.07. The molecule has 1 aromatic rings. The van der Waals surface area contributed by atoms with Gasteiger partial charge >= 0.3 is 6.09 Å². The minimum absolute atomic E-state index is 0.0886. The molecule has 0 heterocycles. The zero-order valence-electron chi connectivity index (χ0n) is 8.57. The standard InChI is InChI=1S/C11H14ClNO2/c1-9(12)7-13-11(14)15-8-10-5-3-2-4-6-10/h2-6,9H,7-8H2,1H3,(H,13,14). The molecule has 1 unspecified atom stereocenters. The molecule has 4 heteroatoms. The van der Waals surface area contributed by atoms with Gasteiger partial charge in [0.1, 0.15) is 6.61 Å². The van der Waals surface area contributed by atoms with Gasteiger partial charge in [-0.2, -0.15) is 0 Å². The minimum atomic E-state index is -0.439. The summed E-state index contributed by atoms with van der Waals surface area (Å²) in [5.74, 6) is 0. The second-order valence-corrected chi connectivity index (χ2v) is 3.97. The number of hydrogen-bond donors (Lipinski definition) is 1. The quantitative estimate of drug-likeness (QED) is 0.803. The summed E-state index contributed by atoms with van der Waals surface area (Å²) < 4.78 is 4.97. The SMILES string of the molecule is CC(Cl)CNC(=O)OCc1ccccc1. The van der Waals surface area contributed by atoms with Crippen LogP contribution < -0.4 is 5.32 Å². The molecule has 0 spiro atoms. The van der Waals surface area contributed by atoms with Crippen molar-refractivity contribution in [3.8, 4) is 0 Å². The van der Waals surface area contributed by atoms with Gasteiger partial charge in [-0.3, -0.25) is 0 Å².